The Morgan fingerprint density at radius 3 is 2.74 bits per heavy atom. The molecule has 102 valence electrons. The second kappa shape index (κ2) is 5.54. The second-order valence-corrected chi connectivity index (χ2v) is 4.56. The molecule has 0 amide bonds. The van der Waals surface area contributed by atoms with Crippen LogP contribution in [0, 0.1) is 6.92 Å². The molecule has 0 aliphatic rings. The zero-order valence-electron chi connectivity index (χ0n) is 11.1. The molecule has 0 bridgehead atoms. The van der Waals surface area contributed by atoms with E-state index < -0.39 is 0 Å². The highest BCUT2D eigenvalue weighted by molar-refractivity contribution is 6.34. The van der Waals surface area contributed by atoms with Gasteiger partial charge >= 0.3 is 0 Å². The van der Waals surface area contributed by atoms with E-state index >= 15 is 0 Å². The maximum Gasteiger partial charge on any atom is 0.215 e. The van der Waals surface area contributed by atoms with Crippen molar-refractivity contribution in [2.75, 3.05) is 13.7 Å². The van der Waals surface area contributed by atoms with Crippen molar-refractivity contribution in [3.8, 4) is 0 Å². The number of aryl methyl sites for hydroxylation is 1. The summed E-state index contributed by atoms with van der Waals surface area (Å²) in [4.78, 5) is 12.5. The number of rotatable bonds is 5. The van der Waals surface area contributed by atoms with E-state index in [9.17, 15) is 4.79 Å². The molecule has 6 nitrogen and oxygen atoms in total. The molecule has 2 rings (SSSR count). The van der Waals surface area contributed by atoms with Crippen LogP contribution in [-0.2, 0) is 18.3 Å². The Balaban J connectivity index is 2.38. The van der Waals surface area contributed by atoms with Crippen LogP contribution in [-0.4, -0.2) is 39.1 Å². The standard InChI is InChI=1S/C12H15ClN4O2/c1-8-9(6-14-16(8)2)12(18)11-10(13)7-15-17(11)4-5-19-3/h6-7H,4-5H2,1-3H3. The minimum absolute atomic E-state index is 0.177. The molecule has 0 aliphatic heterocycles. The van der Waals surface area contributed by atoms with Crippen LogP contribution in [0.4, 0.5) is 0 Å². The molecule has 2 heterocycles. The van der Waals surface area contributed by atoms with Crippen molar-refractivity contribution in [1.29, 1.82) is 0 Å². The molecule has 2 aromatic rings. The summed E-state index contributed by atoms with van der Waals surface area (Å²) in [6, 6.07) is 0. The van der Waals surface area contributed by atoms with Crippen LogP contribution < -0.4 is 0 Å². The first-order valence-electron chi connectivity index (χ1n) is 5.79. The van der Waals surface area contributed by atoms with Crippen molar-refractivity contribution in [1.82, 2.24) is 19.6 Å². The van der Waals surface area contributed by atoms with E-state index in [1.165, 1.54) is 6.20 Å². The van der Waals surface area contributed by atoms with E-state index in [1.54, 1.807) is 29.7 Å². The number of carbonyl (C=O) groups excluding carboxylic acids is 1. The summed E-state index contributed by atoms with van der Waals surface area (Å²) < 4.78 is 8.20. The number of ether oxygens (including phenoxy) is 1. The summed E-state index contributed by atoms with van der Waals surface area (Å²) in [7, 11) is 3.38. The lowest BCUT2D eigenvalue weighted by molar-refractivity contribution is 0.102. The largest absolute Gasteiger partial charge is 0.383 e. The van der Waals surface area contributed by atoms with E-state index in [0.717, 1.165) is 5.69 Å². The Bertz CT molecular complexity index is 603. The van der Waals surface area contributed by atoms with E-state index in [2.05, 4.69) is 10.2 Å². The maximum atomic E-state index is 12.5. The molecule has 7 heteroatoms. The van der Waals surface area contributed by atoms with E-state index in [4.69, 9.17) is 16.3 Å². The molecule has 2 aromatic heterocycles. The number of hydrogen-bond donors (Lipinski definition) is 0. The summed E-state index contributed by atoms with van der Waals surface area (Å²) in [5, 5.41) is 8.50. The van der Waals surface area contributed by atoms with Gasteiger partial charge in [-0.3, -0.25) is 14.2 Å². The van der Waals surface area contributed by atoms with Crippen molar-refractivity contribution in [3.05, 3.63) is 34.4 Å². The van der Waals surface area contributed by atoms with E-state index in [-0.39, 0.29) is 5.78 Å². The Kier molecular flexibility index (Phi) is 4.01. The molecule has 0 spiro atoms. The van der Waals surface area contributed by atoms with Crippen LogP contribution in [0.15, 0.2) is 12.4 Å². The van der Waals surface area contributed by atoms with Gasteiger partial charge in [-0.25, -0.2) is 0 Å². The first kappa shape index (κ1) is 13.8. The third kappa shape index (κ3) is 2.54. The number of carbonyl (C=O) groups is 1. The molecular formula is C12H15ClN4O2. The lowest BCUT2D eigenvalue weighted by Gasteiger charge is -2.06. The lowest BCUT2D eigenvalue weighted by Crippen LogP contribution is -2.15. The van der Waals surface area contributed by atoms with Gasteiger partial charge in [-0.2, -0.15) is 10.2 Å². The zero-order valence-corrected chi connectivity index (χ0v) is 11.8. The molecule has 0 saturated heterocycles. The van der Waals surface area contributed by atoms with Crippen molar-refractivity contribution in [3.63, 3.8) is 0 Å². The summed E-state index contributed by atoms with van der Waals surface area (Å²) in [5.41, 5.74) is 1.69. The van der Waals surface area contributed by atoms with Gasteiger partial charge in [-0.05, 0) is 6.92 Å². The van der Waals surface area contributed by atoms with Crippen molar-refractivity contribution in [2.45, 2.75) is 13.5 Å². The summed E-state index contributed by atoms with van der Waals surface area (Å²) in [6.07, 6.45) is 3.01. The first-order valence-corrected chi connectivity index (χ1v) is 6.17. The predicted octanol–water partition coefficient (Wildman–Crippen LogP) is 1.46. The number of hydrogen-bond acceptors (Lipinski definition) is 4. The van der Waals surface area contributed by atoms with Crippen LogP contribution in [0.1, 0.15) is 21.7 Å². The number of halogens is 1. The van der Waals surface area contributed by atoms with Gasteiger partial charge in [-0.15, -0.1) is 0 Å². The fourth-order valence-corrected chi connectivity index (χ4v) is 2.01. The molecule has 0 aliphatic carbocycles. The quantitative estimate of drug-likeness (QED) is 0.779. The fourth-order valence-electron chi connectivity index (χ4n) is 1.78. The maximum absolute atomic E-state index is 12.5. The van der Waals surface area contributed by atoms with Crippen LogP contribution in [0.5, 0.6) is 0 Å². The predicted molar refractivity (Wildman–Crippen MR) is 70.5 cm³/mol. The highest BCUT2D eigenvalue weighted by Crippen LogP contribution is 2.20. The van der Waals surface area contributed by atoms with Gasteiger partial charge in [0.05, 0.1) is 36.1 Å². The van der Waals surface area contributed by atoms with Crippen LogP contribution in [0.3, 0.4) is 0 Å². The van der Waals surface area contributed by atoms with Gasteiger partial charge in [0.1, 0.15) is 5.69 Å². The van der Waals surface area contributed by atoms with Crippen LogP contribution >= 0.6 is 11.6 Å². The molecule has 19 heavy (non-hydrogen) atoms. The SMILES string of the molecule is COCCn1ncc(Cl)c1C(=O)c1cnn(C)c1C. The van der Waals surface area contributed by atoms with Crippen molar-refractivity contribution < 1.29 is 9.53 Å². The lowest BCUT2D eigenvalue weighted by atomic mass is 10.1. The summed E-state index contributed by atoms with van der Waals surface area (Å²) in [6.45, 7) is 2.78. The minimum atomic E-state index is -0.177. The average Bonchev–Trinajstić information content (AvgIpc) is 2.91. The number of aromatic nitrogens is 4. The van der Waals surface area contributed by atoms with Crippen LogP contribution in [0.2, 0.25) is 5.02 Å². The summed E-state index contributed by atoms with van der Waals surface area (Å²) >= 11 is 6.06. The monoisotopic (exact) mass is 282 g/mol. The van der Waals surface area contributed by atoms with Gasteiger partial charge in [0.2, 0.25) is 5.78 Å². The number of nitrogens with zero attached hydrogens (tertiary/aromatic N) is 4. The van der Waals surface area contributed by atoms with Crippen molar-refractivity contribution >= 4 is 17.4 Å². The first-order chi connectivity index (χ1) is 9.06. The van der Waals surface area contributed by atoms with E-state index in [1.807, 2.05) is 6.92 Å². The molecular weight excluding hydrogens is 268 g/mol. The third-order valence-corrected chi connectivity index (χ3v) is 3.27. The molecule has 0 fully saturated rings. The zero-order chi connectivity index (χ0) is 14.0. The minimum Gasteiger partial charge on any atom is -0.383 e. The average molecular weight is 283 g/mol. The Hall–Kier alpha value is -1.66. The normalized spacial score (nSPS) is 10.9. The Morgan fingerprint density at radius 1 is 1.42 bits per heavy atom. The molecule has 0 N–H and O–H groups in total. The topological polar surface area (TPSA) is 61.9 Å². The van der Waals surface area contributed by atoms with Gasteiger partial charge in [0.25, 0.3) is 0 Å². The highest BCUT2D eigenvalue weighted by Gasteiger charge is 2.22. The van der Waals surface area contributed by atoms with Gasteiger partial charge in [0, 0.05) is 19.9 Å². The van der Waals surface area contributed by atoms with Gasteiger partial charge in [-0.1, -0.05) is 11.6 Å². The third-order valence-electron chi connectivity index (χ3n) is 3.00. The highest BCUT2D eigenvalue weighted by atomic mass is 35.5. The molecule has 0 saturated carbocycles. The second-order valence-electron chi connectivity index (χ2n) is 4.15. The van der Waals surface area contributed by atoms with Crippen LogP contribution in [0.25, 0.3) is 0 Å². The number of methoxy groups -OCH3 is 1. The van der Waals surface area contributed by atoms with Crippen molar-refractivity contribution in [2.24, 2.45) is 7.05 Å². The fraction of sp³-hybridized carbons (Fsp3) is 0.417. The molecule has 0 aromatic carbocycles. The van der Waals surface area contributed by atoms with Gasteiger partial charge < -0.3 is 4.74 Å². The number of ketones is 1. The Morgan fingerprint density at radius 2 is 2.16 bits per heavy atom. The molecule has 0 radical (unpaired) electrons. The molecule has 0 unspecified atom stereocenters. The molecule has 0 atom stereocenters. The van der Waals surface area contributed by atoms with Gasteiger partial charge in [0.15, 0.2) is 0 Å². The smallest absolute Gasteiger partial charge is 0.215 e. The Labute approximate surface area is 115 Å². The van der Waals surface area contributed by atoms with E-state index in [0.29, 0.717) is 29.4 Å². The summed E-state index contributed by atoms with van der Waals surface area (Å²) in [5.74, 6) is -0.177.